The molecule has 0 saturated heterocycles. The van der Waals surface area contributed by atoms with E-state index in [0.29, 0.717) is 19.7 Å². The van der Waals surface area contributed by atoms with Crippen LogP contribution in [0.3, 0.4) is 0 Å². The lowest BCUT2D eigenvalue weighted by Gasteiger charge is -2.24. The Kier molecular flexibility index (Phi) is 6.54. The molecule has 1 atom stereocenters. The molecule has 13 heavy (non-hydrogen) atoms. The smallest absolute Gasteiger partial charge is 0.320 e. The summed E-state index contributed by atoms with van der Waals surface area (Å²) >= 11 is 0. The molecule has 0 bridgehead atoms. The molecule has 0 aromatic heterocycles. The summed E-state index contributed by atoms with van der Waals surface area (Å²) in [6, 6.07) is 0.268. The molecule has 0 amide bonds. The number of hydrogen-bond donors (Lipinski definition) is 1. The molecule has 0 rings (SSSR count). The van der Waals surface area contributed by atoms with Crippen LogP contribution in [-0.4, -0.2) is 43.7 Å². The third-order valence-electron chi connectivity index (χ3n) is 2.05. The highest BCUT2D eigenvalue weighted by Gasteiger charge is 2.14. The molecule has 0 spiro atoms. The fourth-order valence-electron chi connectivity index (χ4n) is 1.20. The second-order valence-corrected chi connectivity index (χ2v) is 3.02. The van der Waals surface area contributed by atoms with Gasteiger partial charge in [0.2, 0.25) is 0 Å². The van der Waals surface area contributed by atoms with Crippen molar-refractivity contribution in [2.75, 3.05) is 26.7 Å². The Balaban J connectivity index is 3.82. The number of carbonyl (C=O) groups excluding carboxylic acids is 1. The highest BCUT2D eigenvalue weighted by Crippen LogP contribution is 1.99. The molecule has 1 unspecified atom stereocenters. The Morgan fingerprint density at radius 1 is 1.54 bits per heavy atom. The van der Waals surface area contributed by atoms with Gasteiger partial charge < -0.3 is 10.5 Å². The summed E-state index contributed by atoms with van der Waals surface area (Å²) in [4.78, 5) is 13.0. The van der Waals surface area contributed by atoms with Crippen molar-refractivity contribution in [1.29, 1.82) is 0 Å². The fraction of sp³-hybridized carbons (Fsp3) is 0.889. The third kappa shape index (κ3) is 4.85. The Hall–Kier alpha value is -0.610. The molecule has 0 aromatic rings. The lowest BCUT2D eigenvalue weighted by molar-refractivity contribution is -0.144. The van der Waals surface area contributed by atoms with Gasteiger partial charge >= 0.3 is 5.97 Å². The standard InChI is InChI=1S/C9H20N2O2/c1-4-8(6-10)11(3)7-9(12)13-5-2/h8H,4-7,10H2,1-3H3. The minimum Gasteiger partial charge on any atom is -0.465 e. The molecule has 0 radical (unpaired) electrons. The van der Waals surface area contributed by atoms with Crippen molar-refractivity contribution >= 4 is 5.97 Å². The van der Waals surface area contributed by atoms with Crippen LogP contribution in [0.15, 0.2) is 0 Å². The van der Waals surface area contributed by atoms with Crippen LogP contribution in [0.25, 0.3) is 0 Å². The molecule has 0 saturated carbocycles. The van der Waals surface area contributed by atoms with Crippen LogP contribution in [0.1, 0.15) is 20.3 Å². The van der Waals surface area contributed by atoms with Gasteiger partial charge in [-0.1, -0.05) is 6.92 Å². The number of ether oxygens (including phenoxy) is 1. The summed E-state index contributed by atoms with van der Waals surface area (Å²) in [6.07, 6.45) is 0.951. The van der Waals surface area contributed by atoms with Crippen molar-refractivity contribution in [1.82, 2.24) is 4.90 Å². The largest absolute Gasteiger partial charge is 0.465 e. The fourth-order valence-corrected chi connectivity index (χ4v) is 1.20. The summed E-state index contributed by atoms with van der Waals surface area (Å²) in [6.45, 7) is 5.19. The molecule has 2 N–H and O–H groups in total. The van der Waals surface area contributed by atoms with E-state index in [1.54, 1.807) is 6.92 Å². The van der Waals surface area contributed by atoms with Crippen LogP contribution in [0.2, 0.25) is 0 Å². The van der Waals surface area contributed by atoms with E-state index in [2.05, 4.69) is 6.92 Å². The monoisotopic (exact) mass is 188 g/mol. The summed E-state index contributed by atoms with van der Waals surface area (Å²) in [5.74, 6) is -0.183. The van der Waals surface area contributed by atoms with Gasteiger partial charge in [-0.3, -0.25) is 9.69 Å². The Labute approximate surface area is 80.0 Å². The number of nitrogens with two attached hydrogens (primary N) is 1. The van der Waals surface area contributed by atoms with E-state index < -0.39 is 0 Å². The first kappa shape index (κ1) is 12.4. The summed E-state index contributed by atoms with van der Waals surface area (Å²) < 4.78 is 4.83. The minimum absolute atomic E-state index is 0.183. The topological polar surface area (TPSA) is 55.6 Å². The highest BCUT2D eigenvalue weighted by atomic mass is 16.5. The zero-order chi connectivity index (χ0) is 10.3. The summed E-state index contributed by atoms with van der Waals surface area (Å²) in [5.41, 5.74) is 5.54. The van der Waals surface area contributed by atoms with Crippen LogP contribution < -0.4 is 5.73 Å². The summed E-state index contributed by atoms with van der Waals surface area (Å²) in [7, 11) is 1.89. The minimum atomic E-state index is -0.183. The molecule has 0 aliphatic carbocycles. The van der Waals surface area contributed by atoms with Crippen LogP contribution in [0, 0.1) is 0 Å². The van der Waals surface area contributed by atoms with Gasteiger partial charge in [-0.25, -0.2) is 0 Å². The van der Waals surface area contributed by atoms with E-state index in [4.69, 9.17) is 10.5 Å². The first-order valence-electron chi connectivity index (χ1n) is 4.71. The van der Waals surface area contributed by atoms with Crippen molar-refractivity contribution < 1.29 is 9.53 Å². The Morgan fingerprint density at radius 2 is 2.15 bits per heavy atom. The van der Waals surface area contributed by atoms with Crippen LogP contribution >= 0.6 is 0 Å². The van der Waals surface area contributed by atoms with Gasteiger partial charge in [-0.2, -0.15) is 0 Å². The maximum atomic E-state index is 11.1. The quantitative estimate of drug-likeness (QED) is 0.606. The molecule has 0 fully saturated rings. The predicted molar refractivity (Wildman–Crippen MR) is 52.4 cm³/mol. The van der Waals surface area contributed by atoms with Crippen molar-refractivity contribution in [2.45, 2.75) is 26.3 Å². The maximum absolute atomic E-state index is 11.1. The number of nitrogens with zero attached hydrogens (tertiary/aromatic N) is 1. The molecule has 4 heteroatoms. The Bertz CT molecular complexity index is 147. The highest BCUT2D eigenvalue weighted by molar-refractivity contribution is 5.71. The van der Waals surface area contributed by atoms with Crippen LogP contribution in [0.4, 0.5) is 0 Å². The lowest BCUT2D eigenvalue weighted by atomic mass is 10.2. The van der Waals surface area contributed by atoms with E-state index >= 15 is 0 Å². The van der Waals surface area contributed by atoms with Crippen LogP contribution in [0.5, 0.6) is 0 Å². The SMILES string of the molecule is CCOC(=O)CN(C)C(CC)CN. The van der Waals surface area contributed by atoms with E-state index in [1.165, 1.54) is 0 Å². The van der Waals surface area contributed by atoms with Gasteiger partial charge in [0.25, 0.3) is 0 Å². The van der Waals surface area contributed by atoms with Gasteiger partial charge in [0.05, 0.1) is 13.2 Å². The zero-order valence-corrected chi connectivity index (χ0v) is 8.75. The van der Waals surface area contributed by atoms with Gasteiger partial charge in [-0.15, -0.1) is 0 Å². The van der Waals surface area contributed by atoms with Gasteiger partial charge in [0, 0.05) is 12.6 Å². The molecule has 4 nitrogen and oxygen atoms in total. The second kappa shape index (κ2) is 6.86. The molecular formula is C9H20N2O2. The van der Waals surface area contributed by atoms with Crippen molar-refractivity contribution in [3.05, 3.63) is 0 Å². The number of carbonyl (C=O) groups is 1. The second-order valence-electron chi connectivity index (χ2n) is 3.02. The zero-order valence-electron chi connectivity index (χ0n) is 8.75. The molecule has 0 aliphatic rings. The normalized spacial score (nSPS) is 13.0. The molecule has 0 heterocycles. The maximum Gasteiger partial charge on any atom is 0.320 e. The third-order valence-corrected chi connectivity index (χ3v) is 2.05. The van der Waals surface area contributed by atoms with Crippen molar-refractivity contribution in [2.24, 2.45) is 5.73 Å². The number of hydrogen-bond acceptors (Lipinski definition) is 4. The first-order chi connectivity index (χ1) is 6.15. The lowest BCUT2D eigenvalue weighted by Crippen LogP contribution is -2.40. The van der Waals surface area contributed by atoms with E-state index in [0.717, 1.165) is 6.42 Å². The summed E-state index contributed by atoms with van der Waals surface area (Å²) in [5, 5.41) is 0. The van der Waals surface area contributed by atoms with Crippen molar-refractivity contribution in [3.63, 3.8) is 0 Å². The molecule has 0 aliphatic heterocycles. The van der Waals surface area contributed by atoms with E-state index in [9.17, 15) is 4.79 Å². The predicted octanol–water partition coefficient (Wildman–Crippen LogP) is 0.219. The first-order valence-corrected chi connectivity index (χ1v) is 4.71. The molecule has 0 aromatic carbocycles. The van der Waals surface area contributed by atoms with E-state index in [-0.39, 0.29) is 12.0 Å². The number of rotatable bonds is 6. The average Bonchev–Trinajstić information content (AvgIpc) is 2.06. The Morgan fingerprint density at radius 3 is 2.54 bits per heavy atom. The number of esters is 1. The number of likely N-dealkylation sites (N-methyl/N-ethyl adjacent to an activating group) is 1. The van der Waals surface area contributed by atoms with E-state index in [1.807, 2.05) is 11.9 Å². The molecule has 78 valence electrons. The van der Waals surface area contributed by atoms with Gasteiger partial charge in [-0.05, 0) is 20.4 Å². The van der Waals surface area contributed by atoms with Crippen molar-refractivity contribution in [3.8, 4) is 0 Å². The molecular weight excluding hydrogens is 168 g/mol. The van der Waals surface area contributed by atoms with Crippen LogP contribution in [-0.2, 0) is 9.53 Å². The average molecular weight is 188 g/mol. The van der Waals surface area contributed by atoms with Gasteiger partial charge in [0.15, 0.2) is 0 Å². The van der Waals surface area contributed by atoms with Gasteiger partial charge in [0.1, 0.15) is 0 Å².